The number of piperazine rings is 1. The van der Waals surface area contributed by atoms with E-state index in [-0.39, 0.29) is 11.8 Å². The summed E-state index contributed by atoms with van der Waals surface area (Å²) in [4.78, 5) is 36.3. The summed E-state index contributed by atoms with van der Waals surface area (Å²) in [5.41, 5.74) is 1.40. The van der Waals surface area contributed by atoms with Gasteiger partial charge in [0.25, 0.3) is 5.91 Å². The van der Waals surface area contributed by atoms with E-state index in [2.05, 4.69) is 9.97 Å². The molecule has 1 aromatic heterocycles. The van der Waals surface area contributed by atoms with Crippen molar-refractivity contribution in [3.05, 3.63) is 58.1 Å². The lowest BCUT2D eigenvalue weighted by Gasteiger charge is -2.34. The van der Waals surface area contributed by atoms with Gasteiger partial charge in [0, 0.05) is 45.0 Å². The van der Waals surface area contributed by atoms with Crippen LogP contribution in [0.1, 0.15) is 28.9 Å². The maximum Gasteiger partial charge on any atom is 0.274 e. The first-order chi connectivity index (χ1) is 13.0. The molecule has 2 heterocycles. The summed E-state index contributed by atoms with van der Waals surface area (Å²) in [5.74, 6) is -0.0310. The van der Waals surface area contributed by atoms with Crippen molar-refractivity contribution in [2.45, 2.75) is 19.3 Å². The van der Waals surface area contributed by atoms with Gasteiger partial charge in [-0.05, 0) is 30.5 Å². The Morgan fingerprint density at radius 2 is 1.74 bits per heavy atom. The lowest BCUT2D eigenvalue weighted by molar-refractivity contribution is -0.132. The summed E-state index contributed by atoms with van der Waals surface area (Å²) in [6.45, 7) is 2.09. The van der Waals surface area contributed by atoms with Crippen molar-refractivity contribution in [1.29, 1.82) is 0 Å². The molecule has 142 valence electrons. The Morgan fingerprint density at radius 1 is 1.00 bits per heavy atom. The summed E-state index contributed by atoms with van der Waals surface area (Å²) in [7, 11) is 0. The maximum atomic E-state index is 12.4. The fraction of sp³-hybridized carbons (Fsp3) is 0.368. The Hall–Kier alpha value is -2.18. The molecule has 8 heteroatoms. The van der Waals surface area contributed by atoms with Crippen LogP contribution in [0.3, 0.4) is 0 Å². The SMILES string of the molecule is O=C(CCCc1ccc(Cl)c(Cl)c1)N1CCN(C(=O)c2cnccn2)CC1. The molecule has 3 rings (SSSR count). The average molecular weight is 407 g/mol. The minimum atomic E-state index is -0.144. The molecule has 1 saturated heterocycles. The molecule has 1 aliphatic rings. The zero-order valence-electron chi connectivity index (χ0n) is 14.8. The molecule has 2 aromatic rings. The van der Waals surface area contributed by atoms with E-state index in [4.69, 9.17) is 23.2 Å². The highest BCUT2D eigenvalue weighted by Gasteiger charge is 2.25. The van der Waals surface area contributed by atoms with Gasteiger partial charge in [-0.1, -0.05) is 29.3 Å². The van der Waals surface area contributed by atoms with E-state index in [1.54, 1.807) is 11.0 Å². The van der Waals surface area contributed by atoms with Gasteiger partial charge in [-0.25, -0.2) is 4.98 Å². The van der Waals surface area contributed by atoms with Gasteiger partial charge >= 0.3 is 0 Å². The van der Waals surface area contributed by atoms with Gasteiger partial charge in [-0.2, -0.15) is 0 Å². The Balaban J connectivity index is 1.43. The molecule has 0 bridgehead atoms. The van der Waals surface area contributed by atoms with Gasteiger partial charge < -0.3 is 9.80 Å². The highest BCUT2D eigenvalue weighted by atomic mass is 35.5. The second-order valence-corrected chi connectivity index (χ2v) is 7.18. The Labute approximate surface area is 168 Å². The predicted octanol–water partition coefficient (Wildman–Crippen LogP) is 3.09. The second-order valence-electron chi connectivity index (χ2n) is 6.37. The van der Waals surface area contributed by atoms with E-state index < -0.39 is 0 Å². The molecule has 0 unspecified atom stereocenters. The van der Waals surface area contributed by atoms with E-state index in [1.807, 2.05) is 17.0 Å². The van der Waals surface area contributed by atoms with Crippen LogP contribution in [0.5, 0.6) is 0 Å². The van der Waals surface area contributed by atoms with Crippen molar-refractivity contribution >= 4 is 35.0 Å². The number of hydrogen-bond donors (Lipinski definition) is 0. The largest absolute Gasteiger partial charge is 0.339 e. The van der Waals surface area contributed by atoms with Gasteiger partial charge in [-0.3, -0.25) is 14.6 Å². The number of halogens is 2. The van der Waals surface area contributed by atoms with Crippen LogP contribution >= 0.6 is 23.2 Å². The van der Waals surface area contributed by atoms with Crippen molar-refractivity contribution < 1.29 is 9.59 Å². The molecule has 6 nitrogen and oxygen atoms in total. The van der Waals surface area contributed by atoms with Crippen LogP contribution in [0.25, 0.3) is 0 Å². The van der Waals surface area contributed by atoms with E-state index in [0.29, 0.717) is 48.3 Å². The Bertz CT molecular complexity index is 809. The number of carbonyl (C=O) groups excluding carboxylic acids is 2. The van der Waals surface area contributed by atoms with Crippen molar-refractivity contribution in [1.82, 2.24) is 19.8 Å². The maximum absolute atomic E-state index is 12.4. The highest BCUT2D eigenvalue weighted by molar-refractivity contribution is 6.42. The molecule has 0 N–H and O–H groups in total. The number of carbonyl (C=O) groups is 2. The second kappa shape index (κ2) is 9.15. The zero-order chi connectivity index (χ0) is 19.2. The van der Waals surface area contributed by atoms with Gasteiger partial charge in [0.05, 0.1) is 16.2 Å². The molecule has 27 heavy (non-hydrogen) atoms. The van der Waals surface area contributed by atoms with Gasteiger partial charge in [0.2, 0.25) is 5.91 Å². The summed E-state index contributed by atoms with van der Waals surface area (Å²) < 4.78 is 0. The zero-order valence-corrected chi connectivity index (χ0v) is 16.3. The number of benzene rings is 1. The third-order valence-electron chi connectivity index (χ3n) is 4.54. The number of aryl methyl sites for hydroxylation is 1. The summed E-state index contributed by atoms with van der Waals surface area (Å²) in [6, 6.07) is 5.54. The standard InChI is InChI=1S/C19H20Cl2N4O2/c20-15-5-4-14(12-16(15)21)2-1-3-18(26)24-8-10-25(11-9-24)19(27)17-13-22-6-7-23-17/h4-7,12-13H,1-3,8-11H2. The van der Waals surface area contributed by atoms with Crippen LogP contribution in [-0.2, 0) is 11.2 Å². The molecular weight excluding hydrogens is 387 g/mol. The molecule has 0 saturated carbocycles. The topological polar surface area (TPSA) is 66.4 Å². The van der Waals surface area contributed by atoms with E-state index in [9.17, 15) is 9.59 Å². The third kappa shape index (κ3) is 5.17. The number of rotatable bonds is 5. The third-order valence-corrected chi connectivity index (χ3v) is 5.28. The fourth-order valence-electron chi connectivity index (χ4n) is 3.03. The minimum absolute atomic E-state index is 0.113. The van der Waals surface area contributed by atoms with Crippen molar-refractivity contribution in [3.8, 4) is 0 Å². The molecule has 1 aromatic carbocycles. The van der Waals surface area contributed by atoms with Crippen LogP contribution < -0.4 is 0 Å². The van der Waals surface area contributed by atoms with Crippen molar-refractivity contribution in [3.63, 3.8) is 0 Å². The first kappa shape index (κ1) is 19.6. The first-order valence-electron chi connectivity index (χ1n) is 8.81. The first-order valence-corrected chi connectivity index (χ1v) is 9.57. The van der Waals surface area contributed by atoms with Crippen LogP contribution in [0.4, 0.5) is 0 Å². The quantitative estimate of drug-likeness (QED) is 0.764. The van der Waals surface area contributed by atoms with Gasteiger partial charge in [-0.15, -0.1) is 0 Å². The molecule has 0 radical (unpaired) electrons. The summed E-state index contributed by atoms with van der Waals surface area (Å²) in [6.07, 6.45) is 6.48. The number of aromatic nitrogens is 2. The van der Waals surface area contributed by atoms with E-state index in [1.165, 1.54) is 18.6 Å². The number of amides is 2. The lowest BCUT2D eigenvalue weighted by Crippen LogP contribution is -2.50. The Kier molecular flexibility index (Phi) is 6.63. The number of hydrogen-bond acceptors (Lipinski definition) is 4. The highest BCUT2D eigenvalue weighted by Crippen LogP contribution is 2.23. The molecule has 2 amide bonds. The van der Waals surface area contributed by atoms with Crippen molar-refractivity contribution in [2.75, 3.05) is 26.2 Å². The average Bonchev–Trinajstić information content (AvgIpc) is 2.71. The number of nitrogens with zero attached hydrogens (tertiary/aromatic N) is 4. The summed E-state index contributed by atoms with van der Waals surface area (Å²) in [5, 5.41) is 1.06. The van der Waals surface area contributed by atoms with Crippen LogP contribution in [0.2, 0.25) is 10.0 Å². The molecule has 1 fully saturated rings. The molecule has 0 spiro atoms. The normalized spacial score (nSPS) is 14.3. The van der Waals surface area contributed by atoms with Gasteiger partial charge in [0.1, 0.15) is 5.69 Å². The van der Waals surface area contributed by atoms with E-state index in [0.717, 1.165) is 18.4 Å². The van der Waals surface area contributed by atoms with Crippen LogP contribution in [0, 0.1) is 0 Å². The molecule has 1 aliphatic heterocycles. The Morgan fingerprint density at radius 3 is 2.41 bits per heavy atom. The van der Waals surface area contributed by atoms with Crippen LogP contribution in [-0.4, -0.2) is 57.8 Å². The monoisotopic (exact) mass is 406 g/mol. The molecule has 0 aliphatic carbocycles. The van der Waals surface area contributed by atoms with Crippen LogP contribution in [0.15, 0.2) is 36.8 Å². The lowest BCUT2D eigenvalue weighted by atomic mass is 10.1. The van der Waals surface area contributed by atoms with Gasteiger partial charge in [0.15, 0.2) is 0 Å². The molecule has 0 atom stereocenters. The van der Waals surface area contributed by atoms with E-state index >= 15 is 0 Å². The summed E-state index contributed by atoms with van der Waals surface area (Å²) >= 11 is 11.9. The molecular formula is C19H20Cl2N4O2. The minimum Gasteiger partial charge on any atom is -0.339 e. The smallest absolute Gasteiger partial charge is 0.274 e. The van der Waals surface area contributed by atoms with Crippen molar-refractivity contribution in [2.24, 2.45) is 0 Å². The predicted molar refractivity (Wildman–Crippen MR) is 104 cm³/mol. The fourth-order valence-corrected chi connectivity index (χ4v) is 3.35.